The van der Waals surface area contributed by atoms with Crippen LogP contribution in [-0.2, 0) is 5.41 Å². The summed E-state index contributed by atoms with van der Waals surface area (Å²) in [6.07, 6.45) is 4.13. The molecule has 0 saturated carbocycles. The number of fused-ring (bicyclic) bond motifs is 2. The summed E-state index contributed by atoms with van der Waals surface area (Å²) in [4.78, 5) is 9.87. The van der Waals surface area contributed by atoms with Gasteiger partial charge in [-0.1, -0.05) is 99.3 Å². The van der Waals surface area contributed by atoms with Crippen LogP contribution in [0.25, 0.3) is 33.4 Å². The second kappa shape index (κ2) is 8.77. The monoisotopic (exact) mass is 458 g/mol. The van der Waals surface area contributed by atoms with Gasteiger partial charge >= 0.3 is 7.12 Å². The fourth-order valence-electron chi connectivity index (χ4n) is 5.10. The Morgan fingerprint density at radius 1 is 0.943 bits per heavy atom. The summed E-state index contributed by atoms with van der Waals surface area (Å²) in [5, 5.41) is 20.5. The van der Waals surface area contributed by atoms with Crippen LogP contribution in [0.2, 0.25) is 0 Å². The van der Waals surface area contributed by atoms with E-state index < -0.39 is 12.5 Å². The standard InChI is InChI=1S/C30H27BN2O2/c1-5-11-23-22-17-16-21(31(34)35)18-25(22)30(3,4)27(23)19(2)28-24-14-9-10-15-26(24)32-29(33-28)20-12-7-6-8-13-20/h5-18,34-35H,2H2,1,3-4H3/b11-5-. The van der Waals surface area contributed by atoms with Crippen molar-refractivity contribution in [3.63, 3.8) is 0 Å². The zero-order valence-electron chi connectivity index (χ0n) is 20.2. The summed E-state index contributed by atoms with van der Waals surface area (Å²) < 4.78 is 0. The Balaban J connectivity index is 1.75. The third-order valence-corrected chi connectivity index (χ3v) is 6.76. The average Bonchev–Trinajstić information content (AvgIpc) is 3.09. The molecule has 0 radical (unpaired) electrons. The van der Waals surface area contributed by atoms with Crippen molar-refractivity contribution in [3.8, 4) is 11.4 Å². The number of hydrogen-bond donors (Lipinski definition) is 2. The molecule has 0 unspecified atom stereocenters. The second-order valence-electron chi connectivity index (χ2n) is 9.35. The van der Waals surface area contributed by atoms with Crippen molar-refractivity contribution >= 4 is 34.6 Å². The van der Waals surface area contributed by atoms with Crippen LogP contribution in [0.1, 0.15) is 37.6 Å². The van der Waals surface area contributed by atoms with Gasteiger partial charge in [0.25, 0.3) is 0 Å². The summed E-state index contributed by atoms with van der Waals surface area (Å²) in [5.74, 6) is 0.660. The lowest BCUT2D eigenvalue weighted by atomic mass is 9.73. The molecule has 1 aliphatic rings. The average molecular weight is 458 g/mol. The lowest BCUT2D eigenvalue weighted by Gasteiger charge is -2.27. The summed E-state index contributed by atoms with van der Waals surface area (Å²) in [7, 11) is -1.52. The third-order valence-electron chi connectivity index (χ3n) is 6.76. The van der Waals surface area contributed by atoms with Gasteiger partial charge in [-0.05, 0) is 46.3 Å². The highest BCUT2D eigenvalue weighted by atomic mass is 16.4. The maximum atomic E-state index is 9.80. The Labute approximate surface area is 206 Å². The van der Waals surface area contributed by atoms with E-state index in [2.05, 4.69) is 26.5 Å². The molecule has 5 rings (SSSR count). The molecule has 1 aromatic heterocycles. The van der Waals surface area contributed by atoms with Gasteiger partial charge in [-0.3, -0.25) is 0 Å². The number of rotatable bonds is 5. The first-order valence-corrected chi connectivity index (χ1v) is 11.7. The Morgan fingerprint density at radius 3 is 2.37 bits per heavy atom. The zero-order chi connectivity index (χ0) is 24.7. The predicted molar refractivity (Wildman–Crippen MR) is 145 cm³/mol. The van der Waals surface area contributed by atoms with Crippen molar-refractivity contribution in [1.29, 1.82) is 0 Å². The molecule has 5 heteroatoms. The van der Waals surface area contributed by atoms with Crippen LogP contribution in [-0.4, -0.2) is 27.1 Å². The molecule has 2 N–H and O–H groups in total. The minimum Gasteiger partial charge on any atom is -0.423 e. The first kappa shape index (κ1) is 23.0. The maximum absolute atomic E-state index is 9.80. The molecule has 0 atom stereocenters. The van der Waals surface area contributed by atoms with Crippen molar-refractivity contribution in [2.24, 2.45) is 0 Å². The van der Waals surface area contributed by atoms with Crippen molar-refractivity contribution in [1.82, 2.24) is 9.97 Å². The van der Waals surface area contributed by atoms with Gasteiger partial charge in [0.15, 0.2) is 5.82 Å². The van der Waals surface area contributed by atoms with Crippen molar-refractivity contribution in [3.05, 3.63) is 114 Å². The van der Waals surface area contributed by atoms with Crippen molar-refractivity contribution in [2.75, 3.05) is 0 Å². The highest BCUT2D eigenvalue weighted by molar-refractivity contribution is 6.58. The van der Waals surface area contributed by atoms with Crippen LogP contribution in [0.4, 0.5) is 0 Å². The summed E-state index contributed by atoms with van der Waals surface area (Å²) in [6.45, 7) is 10.9. The molecule has 0 saturated heterocycles. The molecule has 35 heavy (non-hydrogen) atoms. The number of allylic oxidation sites excluding steroid dienone is 5. The van der Waals surface area contributed by atoms with E-state index in [0.717, 1.165) is 50.0 Å². The molecule has 0 aliphatic heterocycles. The fourth-order valence-corrected chi connectivity index (χ4v) is 5.10. The molecule has 0 amide bonds. The van der Waals surface area contributed by atoms with Crippen LogP contribution in [0.5, 0.6) is 0 Å². The highest BCUT2D eigenvalue weighted by Crippen LogP contribution is 2.51. The molecular weight excluding hydrogens is 431 g/mol. The molecule has 0 spiro atoms. The number of nitrogens with zero attached hydrogens (tertiary/aromatic N) is 2. The molecule has 172 valence electrons. The minimum absolute atomic E-state index is 0.425. The minimum atomic E-state index is -1.52. The second-order valence-corrected chi connectivity index (χ2v) is 9.35. The van der Waals surface area contributed by atoms with E-state index in [0.29, 0.717) is 11.3 Å². The quantitative estimate of drug-likeness (QED) is 0.398. The Hall–Kier alpha value is -3.80. The molecule has 1 aliphatic carbocycles. The summed E-state index contributed by atoms with van der Waals surface area (Å²) >= 11 is 0. The number of benzene rings is 3. The molecule has 4 aromatic rings. The lowest BCUT2D eigenvalue weighted by molar-refractivity contribution is 0.425. The molecule has 3 aromatic carbocycles. The predicted octanol–water partition coefficient (Wildman–Crippen LogP) is 5.31. The maximum Gasteiger partial charge on any atom is 0.488 e. The van der Waals surface area contributed by atoms with E-state index in [1.54, 1.807) is 6.07 Å². The van der Waals surface area contributed by atoms with E-state index >= 15 is 0 Å². The van der Waals surface area contributed by atoms with E-state index in [1.807, 2.05) is 79.7 Å². The van der Waals surface area contributed by atoms with Gasteiger partial charge in [-0.2, -0.15) is 0 Å². The van der Waals surface area contributed by atoms with Gasteiger partial charge in [0.2, 0.25) is 0 Å². The van der Waals surface area contributed by atoms with Gasteiger partial charge in [-0.15, -0.1) is 0 Å². The smallest absolute Gasteiger partial charge is 0.423 e. The zero-order valence-corrected chi connectivity index (χ0v) is 20.2. The first-order valence-electron chi connectivity index (χ1n) is 11.7. The van der Waals surface area contributed by atoms with Gasteiger partial charge in [0.1, 0.15) is 0 Å². The van der Waals surface area contributed by atoms with E-state index in [1.165, 1.54) is 0 Å². The Morgan fingerprint density at radius 2 is 1.66 bits per heavy atom. The van der Waals surface area contributed by atoms with Crippen LogP contribution < -0.4 is 5.46 Å². The Bertz CT molecular complexity index is 1520. The third kappa shape index (κ3) is 3.83. The number of aromatic nitrogens is 2. The van der Waals surface area contributed by atoms with Crippen LogP contribution in [0.15, 0.2) is 97.1 Å². The molecular formula is C30H27BN2O2. The first-order chi connectivity index (χ1) is 16.8. The largest absolute Gasteiger partial charge is 0.488 e. The lowest BCUT2D eigenvalue weighted by Crippen LogP contribution is -2.31. The van der Waals surface area contributed by atoms with Crippen LogP contribution >= 0.6 is 0 Å². The summed E-state index contributed by atoms with van der Waals surface area (Å²) in [5.41, 5.74) is 7.74. The molecule has 1 heterocycles. The van der Waals surface area contributed by atoms with Gasteiger partial charge in [-0.25, -0.2) is 9.97 Å². The Kier molecular flexibility index (Phi) is 5.75. The fraction of sp³-hybridized carbons (Fsp3) is 0.133. The molecule has 0 bridgehead atoms. The van der Waals surface area contributed by atoms with Gasteiger partial charge < -0.3 is 10.0 Å². The summed E-state index contributed by atoms with van der Waals surface area (Å²) in [6, 6.07) is 23.6. The number of hydrogen-bond acceptors (Lipinski definition) is 4. The SMILES string of the molecule is C=C(C1=C(/C=C\C)c2ccc(B(O)O)cc2C1(C)C)c1nc(-c2ccccc2)nc2ccccc12. The van der Waals surface area contributed by atoms with Gasteiger partial charge in [0.05, 0.1) is 11.2 Å². The normalized spacial score (nSPS) is 14.5. The van der Waals surface area contributed by atoms with E-state index in [9.17, 15) is 10.0 Å². The topological polar surface area (TPSA) is 66.2 Å². The molecule has 4 nitrogen and oxygen atoms in total. The van der Waals surface area contributed by atoms with Crippen LogP contribution in [0, 0.1) is 0 Å². The van der Waals surface area contributed by atoms with Crippen LogP contribution in [0.3, 0.4) is 0 Å². The van der Waals surface area contributed by atoms with E-state index in [4.69, 9.17) is 9.97 Å². The highest BCUT2D eigenvalue weighted by Gasteiger charge is 2.39. The van der Waals surface area contributed by atoms with Crippen molar-refractivity contribution in [2.45, 2.75) is 26.2 Å². The van der Waals surface area contributed by atoms with Crippen molar-refractivity contribution < 1.29 is 10.0 Å². The number of para-hydroxylation sites is 1. The van der Waals surface area contributed by atoms with Gasteiger partial charge in [0, 0.05) is 16.4 Å². The van der Waals surface area contributed by atoms with E-state index in [-0.39, 0.29) is 0 Å². The molecule has 0 fully saturated rings.